The fourth-order valence-electron chi connectivity index (χ4n) is 10.6. The molecule has 96 heavy (non-hydrogen) atoms. The van der Waals surface area contributed by atoms with Crippen molar-refractivity contribution in [3.8, 4) is 0 Å². The van der Waals surface area contributed by atoms with Crippen molar-refractivity contribution in [2.24, 2.45) is 0 Å². The Labute approximate surface area is 584 Å². The topological polar surface area (TPSA) is 237 Å². The summed E-state index contributed by atoms with van der Waals surface area (Å²) >= 11 is 0. The summed E-state index contributed by atoms with van der Waals surface area (Å²) in [5.41, 5.74) is 0. The van der Waals surface area contributed by atoms with E-state index >= 15 is 0 Å². The van der Waals surface area contributed by atoms with E-state index in [9.17, 15) is 43.2 Å². The molecule has 0 amide bonds. The molecule has 0 heterocycles. The van der Waals surface area contributed by atoms with Gasteiger partial charge in [0.1, 0.15) is 19.3 Å². The minimum Gasteiger partial charge on any atom is -0.462 e. The quantitative estimate of drug-likeness (QED) is 0.0169. The summed E-state index contributed by atoms with van der Waals surface area (Å²) in [5.74, 6) is -2.17. The van der Waals surface area contributed by atoms with Crippen LogP contribution < -0.4 is 0 Å². The third kappa shape index (κ3) is 69.2. The van der Waals surface area contributed by atoms with Crippen LogP contribution >= 0.6 is 15.6 Å². The van der Waals surface area contributed by atoms with Crippen LogP contribution in [0, 0.1) is 0 Å². The Morgan fingerprint density at radius 3 is 0.875 bits per heavy atom. The van der Waals surface area contributed by atoms with E-state index in [4.69, 9.17) is 37.0 Å². The number of esters is 4. The maximum Gasteiger partial charge on any atom is 0.472 e. The highest BCUT2D eigenvalue weighted by atomic mass is 31.2. The minimum absolute atomic E-state index is 0.0980. The van der Waals surface area contributed by atoms with Gasteiger partial charge in [-0.3, -0.25) is 37.3 Å². The van der Waals surface area contributed by atoms with Gasteiger partial charge in [-0.2, -0.15) is 0 Å². The molecule has 0 radical (unpaired) electrons. The van der Waals surface area contributed by atoms with Crippen LogP contribution in [0.3, 0.4) is 0 Å². The fraction of sp³-hybridized carbons (Fsp3) is 0.818. The molecule has 0 aromatic heterocycles. The molecule has 0 saturated heterocycles. The van der Waals surface area contributed by atoms with Crippen LogP contribution in [0.25, 0.3) is 0 Å². The molecule has 0 aliphatic rings. The van der Waals surface area contributed by atoms with Crippen LogP contribution in [0.5, 0.6) is 0 Å². The number of hydrogen-bond acceptors (Lipinski definition) is 15. The lowest BCUT2D eigenvalue weighted by molar-refractivity contribution is -0.161. The van der Waals surface area contributed by atoms with Crippen LogP contribution in [0.4, 0.5) is 0 Å². The first kappa shape index (κ1) is 92.8. The molecule has 0 aromatic rings. The summed E-state index contributed by atoms with van der Waals surface area (Å²) in [6.45, 7) is 4.73. The highest BCUT2D eigenvalue weighted by Crippen LogP contribution is 2.45. The second kappa shape index (κ2) is 70.2. The number of unbranched alkanes of at least 4 members (excludes halogenated alkanes) is 37. The largest absolute Gasteiger partial charge is 0.472 e. The lowest BCUT2D eigenvalue weighted by Gasteiger charge is -2.21. The van der Waals surface area contributed by atoms with Crippen LogP contribution in [-0.4, -0.2) is 96.7 Å². The van der Waals surface area contributed by atoms with E-state index in [1.54, 1.807) is 0 Å². The van der Waals surface area contributed by atoms with Gasteiger partial charge in [0.15, 0.2) is 12.2 Å². The predicted octanol–water partition coefficient (Wildman–Crippen LogP) is 21.9. The van der Waals surface area contributed by atoms with Gasteiger partial charge in [-0.25, -0.2) is 9.13 Å². The van der Waals surface area contributed by atoms with Crippen molar-refractivity contribution in [3.63, 3.8) is 0 Å². The Morgan fingerprint density at radius 1 is 0.302 bits per heavy atom. The molecule has 560 valence electrons. The smallest absolute Gasteiger partial charge is 0.462 e. The molecule has 0 rings (SSSR count). The monoisotopic (exact) mass is 1400 g/mol. The van der Waals surface area contributed by atoms with E-state index in [0.29, 0.717) is 25.7 Å². The van der Waals surface area contributed by atoms with Crippen molar-refractivity contribution < 1.29 is 80.2 Å². The molecular formula is C77H140O17P2. The minimum atomic E-state index is -4.97. The van der Waals surface area contributed by atoms with Gasteiger partial charge < -0.3 is 33.8 Å². The Bertz CT molecular complexity index is 2060. The van der Waals surface area contributed by atoms with Gasteiger partial charge in [0.2, 0.25) is 0 Å². The van der Waals surface area contributed by atoms with Gasteiger partial charge in [-0.05, 0) is 83.5 Å². The maximum absolute atomic E-state index is 13.1. The van der Waals surface area contributed by atoms with Gasteiger partial charge in [-0.1, -0.05) is 300 Å². The summed E-state index contributed by atoms with van der Waals surface area (Å²) in [7, 11) is -9.93. The number of carbonyl (C=O) groups is 4. The molecule has 19 heteroatoms. The van der Waals surface area contributed by atoms with Crippen molar-refractivity contribution in [2.45, 2.75) is 367 Å². The highest BCUT2D eigenvalue weighted by molar-refractivity contribution is 7.47. The summed E-state index contributed by atoms with van der Waals surface area (Å²) in [6, 6.07) is 0. The number of carbonyl (C=O) groups excluding carboxylic acids is 4. The number of allylic oxidation sites excluding steroid dienone is 10. The van der Waals surface area contributed by atoms with E-state index < -0.39 is 97.5 Å². The number of aliphatic hydroxyl groups is 1. The number of rotatable bonds is 73. The van der Waals surface area contributed by atoms with Crippen molar-refractivity contribution in [1.29, 1.82) is 0 Å². The first-order valence-electron chi connectivity index (χ1n) is 38.5. The molecule has 0 aromatic carbocycles. The molecule has 0 fully saturated rings. The predicted molar refractivity (Wildman–Crippen MR) is 390 cm³/mol. The number of aliphatic hydroxyl groups excluding tert-OH is 1. The van der Waals surface area contributed by atoms with E-state index in [2.05, 4.69) is 88.5 Å². The number of ether oxygens (including phenoxy) is 4. The SMILES string of the molecule is CC/C=C\C/C=C\C/C=C\CCCCCCCCCC(=O)OCC(COP(=O)(O)OCC(O)COP(=O)(O)OCC(COC(=O)CCCCCCC/C=C\C/C=C\CCC)OC(=O)CCCCCCCCCCCCC)OC(=O)CCCCCCCCCCCCCCCCC. The zero-order valence-corrected chi connectivity index (χ0v) is 62.8. The normalized spacial score (nSPS) is 14.3. The average Bonchev–Trinajstić information content (AvgIpc) is 2.18. The molecule has 0 aliphatic carbocycles. The molecule has 0 bridgehead atoms. The number of phosphoric ester groups is 2. The zero-order valence-electron chi connectivity index (χ0n) is 61.1. The zero-order chi connectivity index (χ0) is 70.4. The van der Waals surface area contributed by atoms with Gasteiger partial charge in [0, 0.05) is 25.7 Å². The Hall–Kier alpha value is -3.24. The summed E-state index contributed by atoms with van der Waals surface area (Å²) in [6.07, 6.45) is 67.8. The average molecular weight is 1400 g/mol. The van der Waals surface area contributed by atoms with Crippen LogP contribution in [-0.2, 0) is 65.4 Å². The van der Waals surface area contributed by atoms with Crippen LogP contribution in [0.15, 0.2) is 60.8 Å². The van der Waals surface area contributed by atoms with Crippen molar-refractivity contribution >= 4 is 39.5 Å². The molecule has 0 aliphatic heterocycles. The van der Waals surface area contributed by atoms with E-state index in [-0.39, 0.29) is 25.7 Å². The lowest BCUT2D eigenvalue weighted by Crippen LogP contribution is -2.30. The fourth-order valence-corrected chi connectivity index (χ4v) is 12.2. The molecule has 17 nitrogen and oxygen atoms in total. The second-order valence-electron chi connectivity index (χ2n) is 25.9. The van der Waals surface area contributed by atoms with Crippen LogP contribution in [0.2, 0.25) is 0 Å². The third-order valence-corrected chi connectivity index (χ3v) is 18.4. The van der Waals surface area contributed by atoms with E-state index in [1.165, 1.54) is 103 Å². The van der Waals surface area contributed by atoms with E-state index in [0.717, 1.165) is 167 Å². The standard InChI is InChI=1S/C77H140O17P2/c1-5-9-13-17-21-25-29-32-34-35-37-39-43-46-50-54-58-62-75(80)88-68-73(94-77(82)64-60-56-52-48-44-40-36-33-30-26-22-18-14-10-6-2)70-92-96(85,86)90-66-71(78)65-89-95(83,84)91-69-72(93-76(81)63-59-55-51-47-41-28-24-20-16-12-8-4)67-87-74(79)61-57-53-49-45-42-38-31-27-23-19-15-11-7-3/h9,13,15,19,21,25,27,31-32,34,71-73,78H,5-8,10-12,14,16-18,20,22-24,26,28-30,33,35-70H2,1-4H3,(H,83,84)(H,85,86)/b13-9-,19-15-,25-21-,31-27-,34-32-. The summed E-state index contributed by atoms with van der Waals surface area (Å²) < 4.78 is 68.5. The Balaban J connectivity index is 5.30. The number of phosphoric acid groups is 2. The molecule has 5 atom stereocenters. The molecular weight excluding hydrogens is 1260 g/mol. The summed E-state index contributed by atoms with van der Waals surface area (Å²) in [5, 5.41) is 10.6. The van der Waals surface area contributed by atoms with E-state index in [1.807, 2.05) is 0 Å². The Kier molecular flexibility index (Phi) is 67.8. The van der Waals surface area contributed by atoms with Gasteiger partial charge in [0.05, 0.1) is 26.4 Å². The van der Waals surface area contributed by atoms with Crippen LogP contribution in [0.1, 0.15) is 349 Å². The second-order valence-corrected chi connectivity index (χ2v) is 28.8. The van der Waals surface area contributed by atoms with Gasteiger partial charge in [-0.15, -0.1) is 0 Å². The lowest BCUT2D eigenvalue weighted by atomic mass is 10.0. The Morgan fingerprint density at radius 2 is 0.562 bits per heavy atom. The molecule has 0 spiro atoms. The highest BCUT2D eigenvalue weighted by Gasteiger charge is 2.30. The van der Waals surface area contributed by atoms with Gasteiger partial charge >= 0.3 is 39.5 Å². The van der Waals surface area contributed by atoms with Crippen molar-refractivity contribution in [2.75, 3.05) is 39.6 Å². The van der Waals surface area contributed by atoms with Crippen molar-refractivity contribution in [1.82, 2.24) is 0 Å². The molecule has 0 saturated carbocycles. The molecule has 3 N–H and O–H groups in total. The molecule has 5 unspecified atom stereocenters. The first-order valence-corrected chi connectivity index (χ1v) is 41.5. The summed E-state index contributed by atoms with van der Waals surface area (Å²) in [4.78, 5) is 72.8. The first-order chi connectivity index (χ1) is 46.7. The third-order valence-electron chi connectivity index (χ3n) is 16.5. The van der Waals surface area contributed by atoms with Crippen molar-refractivity contribution in [3.05, 3.63) is 60.8 Å². The maximum atomic E-state index is 13.1. The number of hydrogen-bond donors (Lipinski definition) is 3. The van der Waals surface area contributed by atoms with Gasteiger partial charge in [0.25, 0.3) is 0 Å².